The first-order valence-electron chi connectivity index (χ1n) is 13.1. The van der Waals surface area contributed by atoms with E-state index in [1.807, 2.05) is 97.1 Å². The topological polar surface area (TPSA) is 93.7 Å². The highest BCUT2D eigenvalue weighted by atomic mass is 16.5. The van der Waals surface area contributed by atoms with Gasteiger partial charge < -0.3 is 20.1 Å². The van der Waals surface area contributed by atoms with E-state index in [4.69, 9.17) is 9.47 Å². The smallest absolute Gasteiger partial charge is 0.408 e. The summed E-state index contributed by atoms with van der Waals surface area (Å²) >= 11 is 0. The van der Waals surface area contributed by atoms with Crippen LogP contribution in [0, 0.1) is 0 Å². The fourth-order valence-electron chi connectivity index (χ4n) is 4.15. The molecule has 0 aliphatic heterocycles. The molecule has 0 bridgehead atoms. The molecule has 4 rings (SSSR count). The lowest BCUT2D eigenvalue weighted by atomic mass is 10.0. The van der Waals surface area contributed by atoms with Crippen LogP contribution in [0.4, 0.5) is 4.79 Å². The van der Waals surface area contributed by atoms with Crippen molar-refractivity contribution in [1.29, 1.82) is 0 Å². The molecule has 0 fully saturated rings. The summed E-state index contributed by atoms with van der Waals surface area (Å²) in [4.78, 5) is 38.8. The molecule has 40 heavy (non-hydrogen) atoms. The molecule has 0 spiro atoms. The SMILES string of the molecule is O=C(N[C@@H](Cc1ccccc1)C(=O)N[C@H](COC(=O)c1ccccc1)Cc1ccccc1)OCc1ccccc1. The minimum Gasteiger partial charge on any atom is -0.460 e. The maximum Gasteiger partial charge on any atom is 0.408 e. The van der Waals surface area contributed by atoms with E-state index in [1.165, 1.54) is 0 Å². The molecule has 2 amide bonds. The number of nitrogens with one attached hydrogen (secondary N) is 2. The number of esters is 1. The third-order valence-electron chi connectivity index (χ3n) is 6.20. The lowest BCUT2D eigenvalue weighted by Gasteiger charge is -2.24. The van der Waals surface area contributed by atoms with Gasteiger partial charge in [0.1, 0.15) is 19.3 Å². The lowest BCUT2D eigenvalue weighted by Crippen LogP contribution is -2.52. The number of alkyl carbamates (subject to hydrolysis) is 1. The van der Waals surface area contributed by atoms with Gasteiger partial charge in [-0.15, -0.1) is 0 Å². The fourth-order valence-corrected chi connectivity index (χ4v) is 4.15. The normalized spacial score (nSPS) is 12.0. The van der Waals surface area contributed by atoms with Gasteiger partial charge in [-0.2, -0.15) is 0 Å². The monoisotopic (exact) mass is 536 g/mol. The first-order chi connectivity index (χ1) is 19.6. The van der Waals surface area contributed by atoms with Crippen molar-refractivity contribution in [3.63, 3.8) is 0 Å². The van der Waals surface area contributed by atoms with E-state index in [2.05, 4.69) is 10.6 Å². The Labute approximate surface area is 234 Å². The van der Waals surface area contributed by atoms with Crippen molar-refractivity contribution in [2.24, 2.45) is 0 Å². The largest absolute Gasteiger partial charge is 0.460 e. The Bertz CT molecular complexity index is 1350. The van der Waals surface area contributed by atoms with Gasteiger partial charge in [-0.25, -0.2) is 9.59 Å². The second-order valence-electron chi connectivity index (χ2n) is 9.31. The number of rotatable bonds is 12. The molecule has 2 N–H and O–H groups in total. The Morgan fingerprint density at radius 2 is 1.07 bits per heavy atom. The van der Waals surface area contributed by atoms with Gasteiger partial charge in [0.2, 0.25) is 5.91 Å². The van der Waals surface area contributed by atoms with E-state index in [-0.39, 0.29) is 19.6 Å². The van der Waals surface area contributed by atoms with Gasteiger partial charge in [0, 0.05) is 6.42 Å². The molecule has 4 aromatic rings. The number of carbonyl (C=O) groups excluding carboxylic acids is 3. The number of amides is 2. The summed E-state index contributed by atoms with van der Waals surface area (Å²) in [5.74, 6) is -0.881. The van der Waals surface area contributed by atoms with Gasteiger partial charge in [0.15, 0.2) is 0 Å². The first kappa shape index (κ1) is 28.1. The summed E-state index contributed by atoms with van der Waals surface area (Å²) in [7, 11) is 0. The fraction of sp³-hybridized carbons (Fsp3) is 0.182. The van der Waals surface area contributed by atoms with Crippen LogP contribution in [-0.2, 0) is 33.7 Å². The van der Waals surface area contributed by atoms with Crippen LogP contribution in [0.5, 0.6) is 0 Å². The van der Waals surface area contributed by atoms with Gasteiger partial charge in [0.05, 0.1) is 11.6 Å². The summed E-state index contributed by atoms with van der Waals surface area (Å²) < 4.78 is 10.9. The van der Waals surface area contributed by atoms with Crippen LogP contribution in [0.25, 0.3) is 0 Å². The number of benzene rings is 4. The van der Waals surface area contributed by atoms with Crippen LogP contribution in [0.2, 0.25) is 0 Å². The summed E-state index contributed by atoms with van der Waals surface area (Å²) in [6.07, 6.45) is -0.00445. The van der Waals surface area contributed by atoms with E-state index in [9.17, 15) is 14.4 Å². The second-order valence-corrected chi connectivity index (χ2v) is 9.31. The highest BCUT2D eigenvalue weighted by Crippen LogP contribution is 2.09. The first-order valence-corrected chi connectivity index (χ1v) is 13.1. The Morgan fingerprint density at radius 3 is 1.65 bits per heavy atom. The molecule has 7 nitrogen and oxygen atoms in total. The lowest BCUT2D eigenvalue weighted by molar-refractivity contribution is -0.124. The zero-order valence-corrected chi connectivity index (χ0v) is 22.1. The molecular weight excluding hydrogens is 504 g/mol. The second kappa shape index (κ2) is 14.9. The average Bonchev–Trinajstić information content (AvgIpc) is 3.00. The Kier molecular flexibility index (Phi) is 10.5. The zero-order valence-electron chi connectivity index (χ0n) is 22.1. The predicted molar refractivity (Wildman–Crippen MR) is 152 cm³/mol. The Hall–Kier alpha value is -4.91. The van der Waals surface area contributed by atoms with Crippen LogP contribution in [0.3, 0.4) is 0 Å². The molecule has 0 aliphatic carbocycles. The van der Waals surface area contributed by atoms with Crippen LogP contribution in [0.1, 0.15) is 27.0 Å². The molecule has 2 atom stereocenters. The van der Waals surface area contributed by atoms with Crippen molar-refractivity contribution in [3.05, 3.63) is 144 Å². The standard InChI is InChI=1S/C33H32N2O5/c36-31(30(22-26-15-7-2-8-16-26)35-33(38)40-23-27-17-9-3-10-18-27)34-29(21-25-13-5-1-6-14-25)24-39-32(37)28-19-11-4-12-20-28/h1-20,29-30H,21-24H2,(H,34,36)(H,35,38)/t29-,30-/m0/s1. The molecule has 7 heteroatoms. The maximum atomic E-state index is 13.6. The maximum absolute atomic E-state index is 13.6. The van der Waals surface area contributed by atoms with Gasteiger partial charge in [-0.3, -0.25) is 4.79 Å². The highest BCUT2D eigenvalue weighted by Gasteiger charge is 2.25. The Morgan fingerprint density at radius 1 is 0.575 bits per heavy atom. The minimum absolute atomic E-state index is 0.0368. The summed E-state index contributed by atoms with van der Waals surface area (Å²) in [6.45, 7) is 0.0449. The van der Waals surface area contributed by atoms with Crippen molar-refractivity contribution in [2.45, 2.75) is 31.5 Å². The van der Waals surface area contributed by atoms with Crippen LogP contribution < -0.4 is 10.6 Å². The number of carbonyl (C=O) groups is 3. The summed E-state index contributed by atoms with van der Waals surface area (Å²) in [5, 5.41) is 5.70. The third-order valence-corrected chi connectivity index (χ3v) is 6.20. The summed E-state index contributed by atoms with van der Waals surface area (Å²) in [6, 6.07) is 35.6. The highest BCUT2D eigenvalue weighted by molar-refractivity contribution is 5.89. The molecule has 0 aromatic heterocycles. The molecule has 0 saturated carbocycles. The molecule has 0 unspecified atom stereocenters. The van der Waals surface area contributed by atoms with Crippen molar-refractivity contribution < 1.29 is 23.9 Å². The number of hydrogen-bond donors (Lipinski definition) is 2. The molecule has 0 radical (unpaired) electrons. The van der Waals surface area contributed by atoms with Crippen LogP contribution >= 0.6 is 0 Å². The number of hydrogen-bond acceptors (Lipinski definition) is 5. The Balaban J connectivity index is 1.45. The van der Waals surface area contributed by atoms with Crippen molar-refractivity contribution in [2.75, 3.05) is 6.61 Å². The van der Waals surface area contributed by atoms with Crippen LogP contribution in [-0.4, -0.2) is 36.7 Å². The van der Waals surface area contributed by atoms with E-state index in [0.29, 0.717) is 12.0 Å². The van der Waals surface area contributed by atoms with E-state index >= 15 is 0 Å². The van der Waals surface area contributed by atoms with Gasteiger partial charge in [0.25, 0.3) is 0 Å². The van der Waals surface area contributed by atoms with Gasteiger partial charge >= 0.3 is 12.1 Å². The van der Waals surface area contributed by atoms with Gasteiger partial charge in [-0.05, 0) is 35.2 Å². The van der Waals surface area contributed by atoms with Crippen molar-refractivity contribution in [3.8, 4) is 0 Å². The molecule has 0 aliphatic rings. The third kappa shape index (κ3) is 9.13. The van der Waals surface area contributed by atoms with E-state index in [1.54, 1.807) is 24.3 Å². The van der Waals surface area contributed by atoms with Crippen LogP contribution in [0.15, 0.2) is 121 Å². The number of ether oxygens (including phenoxy) is 2. The molecule has 4 aromatic carbocycles. The summed E-state index contributed by atoms with van der Waals surface area (Å²) in [5.41, 5.74) is 3.11. The molecule has 0 heterocycles. The van der Waals surface area contributed by atoms with Gasteiger partial charge in [-0.1, -0.05) is 109 Å². The predicted octanol–water partition coefficient (Wildman–Crippen LogP) is 5.11. The minimum atomic E-state index is -0.909. The van der Waals surface area contributed by atoms with E-state index in [0.717, 1.165) is 16.7 Å². The molecular formula is C33H32N2O5. The van der Waals surface area contributed by atoms with Crippen molar-refractivity contribution in [1.82, 2.24) is 10.6 Å². The quantitative estimate of drug-likeness (QED) is 0.246. The zero-order chi connectivity index (χ0) is 28.0. The molecule has 0 saturated heterocycles. The molecule has 204 valence electrons. The van der Waals surface area contributed by atoms with Crippen molar-refractivity contribution >= 4 is 18.0 Å². The average molecular weight is 537 g/mol. The van der Waals surface area contributed by atoms with E-state index < -0.39 is 30.1 Å².